The van der Waals surface area contributed by atoms with Crippen LogP contribution in [-0.4, -0.2) is 64.7 Å². The molecule has 11 heteroatoms. The highest BCUT2D eigenvalue weighted by Gasteiger charge is 2.30. The lowest BCUT2D eigenvalue weighted by Crippen LogP contribution is -2.50. The molecule has 8 nitrogen and oxygen atoms in total. The second-order valence-electron chi connectivity index (χ2n) is 13.8. The van der Waals surface area contributed by atoms with Crippen molar-refractivity contribution in [3.63, 3.8) is 0 Å². The third kappa shape index (κ3) is 7.58. The molecule has 0 spiro atoms. The highest BCUT2D eigenvalue weighted by atomic mass is 35.5. The summed E-state index contributed by atoms with van der Waals surface area (Å²) >= 11 is 19.6. The Morgan fingerprint density at radius 3 is 2.37 bits per heavy atom. The van der Waals surface area contributed by atoms with Crippen LogP contribution in [0, 0.1) is 0 Å². The molecule has 1 aliphatic rings. The van der Waals surface area contributed by atoms with Gasteiger partial charge in [0.05, 0.1) is 42.2 Å². The minimum atomic E-state index is -0.302. The minimum Gasteiger partial charge on any atom is -0.497 e. The molecule has 0 saturated carbocycles. The van der Waals surface area contributed by atoms with Crippen LogP contribution < -0.4 is 15.0 Å². The van der Waals surface area contributed by atoms with Gasteiger partial charge in [0.2, 0.25) is 0 Å². The van der Waals surface area contributed by atoms with E-state index in [1.165, 1.54) is 12.8 Å². The van der Waals surface area contributed by atoms with Gasteiger partial charge < -0.3 is 24.5 Å². The van der Waals surface area contributed by atoms with Crippen LogP contribution in [-0.2, 0) is 0 Å². The molecular formula is C43H45Cl3N6O2. The van der Waals surface area contributed by atoms with E-state index in [-0.39, 0.29) is 11.9 Å². The predicted molar refractivity (Wildman–Crippen MR) is 224 cm³/mol. The zero-order valence-electron chi connectivity index (χ0n) is 31.0. The first-order valence-corrected chi connectivity index (χ1v) is 19.7. The Bertz CT molecular complexity index is 2260. The molecule has 4 aromatic carbocycles. The van der Waals surface area contributed by atoms with Crippen LogP contribution in [0.15, 0.2) is 91.3 Å². The number of amides is 1. The normalized spacial score (nSPS) is 14.7. The lowest BCUT2D eigenvalue weighted by molar-refractivity contribution is 0.102. The summed E-state index contributed by atoms with van der Waals surface area (Å²) in [5.74, 6) is 0.354. The first-order chi connectivity index (χ1) is 26.2. The molecule has 2 atom stereocenters. The summed E-state index contributed by atoms with van der Waals surface area (Å²) in [5.41, 5.74) is 6.71. The van der Waals surface area contributed by atoms with E-state index in [0.717, 1.165) is 71.7 Å². The van der Waals surface area contributed by atoms with Gasteiger partial charge in [0.1, 0.15) is 11.4 Å². The van der Waals surface area contributed by atoms with Crippen LogP contribution in [0.1, 0.15) is 62.1 Å². The molecule has 1 fully saturated rings. The molecule has 3 heterocycles. The lowest BCUT2D eigenvalue weighted by atomic mass is 9.99. The Morgan fingerprint density at radius 2 is 1.67 bits per heavy atom. The lowest BCUT2D eigenvalue weighted by Gasteiger charge is -2.40. The fourth-order valence-electron chi connectivity index (χ4n) is 7.79. The molecule has 1 saturated heterocycles. The van der Waals surface area contributed by atoms with E-state index in [9.17, 15) is 4.79 Å². The molecule has 0 radical (unpaired) electrons. The van der Waals surface area contributed by atoms with E-state index in [1.54, 1.807) is 13.2 Å². The van der Waals surface area contributed by atoms with Gasteiger partial charge in [0.15, 0.2) is 0 Å². The third-order valence-corrected chi connectivity index (χ3v) is 11.4. The second kappa shape index (κ2) is 16.5. The molecule has 1 aliphatic heterocycles. The predicted octanol–water partition coefficient (Wildman–Crippen LogP) is 11.2. The average Bonchev–Trinajstić information content (AvgIpc) is 3.79. The number of aromatic nitrogens is 3. The van der Waals surface area contributed by atoms with Crippen molar-refractivity contribution in [2.75, 3.05) is 43.5 Å². The molecule has 0 aliphatic carbocycles. The number of carbonyl (C=O) groups is 1. The number of methoxy groups -OCH3 is 1. The Balaban J connectivity index is 1.33. The van der Waals surface area contributed by atoms with Gasteiger partial charge in [-0.3, -0.25) is 9.69 Å². The van der Waals surface area contributed by atoms with Gasteiger partial charge in [-0.2, -0.15) is 0 Å². The standard InChI is InChI=1S/C43H45Cl3N6O2/c1-5-10-31(6-2)50-19-21-51(22-20-50)38-18-15-32(54-4)25-37(38)49-43(53)41-39(34-17-14-30(45)24-36(34)48-41)42-40(28-11-8-7-9-12-28)47-26-52(42)27(3)33-16-13-29(44)23-35(33)46/h7-9,11-18,23-27,31,48H,5-6,10,19-22H2,1-4H3,(H,49,53). The molecule has 7 rings (SSSR count). The van der Waals surface area contributed by atoms with Crippen molar-refractivity contribution in [3.05, 3.63) is 118 Å². The zero-order chi connectivity index (χ0) is 37.9. The summed E-state index contributed by atoms with van der Waals surface area (Å²) < 4.78 is 7.73. The number of hydrogen-bond acceptors (Lipinski definition) is 5. The van der Waals surface area contributed by atoms with E-state index >= 15 is 0 Å². The first kappa shape index (κ1) is 37.8. The van der Waals surface area contributed by atoms with Crippen molar-refractivity contribution in [3.8, 4) is 28.3 Å². The van der Waals surface area contributed by atoms with Crippen molar-refractivity contribution in [1.82, 2.24) is 19.4 Å². The Labute approximate surface area is 332 Å². The van der Waals surface area contributed by atoms with E-state index in [0.29, 0.717) is 43.8 Å². The van der Waals surface area contributed by atoms with Crippen molar-refractivity contribution in [2.45, 2.75) is 52.1 Å². The quantitative estimate of drug-likeness (QED) is 0.129. The summed E-state index contributed by atoms with van der Waals surface area (Å²) in [7, 11) is 1.64. The summed E-state index contributed by atoms with van der Waals surface area (Å²) in [6.07, 6.45) is 5.34. The van der Waals surface area contributed by atoms with Crippen molar-refractivity contribution >= 4 is 63.0 Å². The second-order valence-corrected chi connectivity index (χ2v) is 15.1. The van der Waals surface area contributed by atoms with E-state index in [1.807, 2.05) is 85.2 Å². The number of H-pyrrole nitrogens is 1. The fourth-order valence-corrected chi connectivity index (χ4v) is 8.53. The summed E-state index contributed by atoms with van der Waals surface area (Å²) in [4.78, 5) is 28.2. The number of aromatic amines is 1. The highest BCUT2D eigenvalue weighted by Crippen LogP contribution is 2.43. The summed E-state index contributed by atoms with van der Waals surface area (Å²) in [6, 6.07) is 27.3. The average molecular weight is 784 g/mol. The first-order valence-electron chi connectivity index (χ1n) is 18.6. The summed E-state index contributed by atoms with van der Waals surface area (Å²) in [5, 5.41) is 5.78. The van der Waals surface area contributed by atoms with Crippen molar-refractivity contribution in [2.24, 2.45) is 0 Å². The number of fused-ring (bicyclic) bond motifs is 1. The molecular weight excluding hydrogens is 739 g/mol. The van der Waals surface area contributed by atoms with Gasteiger partial charge in [-0.1, -0.05) is 97.5 Å². The van der Waals surface area contributed by atoms with Crippen LogP contribution in [0.25, 0.3) is 33.4 Å². The molecule has 54 heavy (non-hydrogen) atoms. The summed E-state index contributed by atoms with van der Waals surface area (Å²) in [6.45, 7) is 10.2. The number of imidazole rings is 1. The molecule has 2 unspecified atom stereocenters. The SMILES string of the molecule is CCCC(CC)N1CCN(c2ccc(OC)cc2NC(=O)c2[nH]c3cc(Cl)ccc3c2-c2c(-c3ccccc3)ncn2C(C)c2ccc(Cl)cc2Cl)CC1. The van der Waals surface area contributed by atoms with Crippen LogP contribution in [0.3, 0.4) is 0 Å². The van der Waals surface area contributed by atoms with Gasteiger partial charge in [-0.25, -0.2) is 4.98 Å². The number of rotatable bonds is 12. The number of piperazine rings is 1. The number of carbonyl (C=O) groups excluding carboxylic acids is 1. The Morgan fingerprint density at radius 1 is 0.926 bits per heavy atom. The van der Waals surface area contributed by atoms with Crippen LogP contribution in [0.2, 0.25) is 15.1 Å². The number of nitrogens with zero attached hydrogens (tertiary/aromatic N) is 4. The van der Waals surface area contributed by atoms with E-state index in [4.69, 9.17) is 44.5 Å². The topological polar surface area (TPSA) is 78.4 Å². The number of nitrogens with one attached hydrogen (secondary N) is 2. The van der Waals surface area contributed by atoms with Gasteiger partial charge in [-0.05, 0) is 61.7 Å². The smallest absolute Gasteiger partial charge is 0.272 e. The zero-order valence-corrected chi connectivity index (χ0v) is 33.3. The van der Waals surface area contributed by atoms with Gasteiger partial charge in [0, 0.05) is 75.4 Å². The number of halogens is 3. The van der Waals surface area contributed by atoms with Crippen LogP contribution in [0.4, 0.5) is 11.4 Å². The maximum Gasteiger partial charge on any atom is 0.272 e. The third-order valence-electron chi connectivity index (χ3n) is 10.6. The Kier molecular flexibility index (Phi) is 11.6. The molecule has 6 aromatic rings. The Hall–Kier alpha value is -4.47. The van der Waals surface area contributed by atoms with Gasteiger partial charge >= 0.3 is 0 Å². The number of anilines is 2. The molecule has 0 bridgehead atoms. The molecule has 2 N–H and O–H groups in total. The van der Waals surface area contributed by atoms with E-state index in [2.05, 4.69) is 45.4 Å². The maximum atomic E-state index is 14.9. The molecule has 1 amide bonds. The minimum absolute atomic E-state index is 0.267. The number of benzene rings is 4. The maximum absolute atomic E-state index is 14.9. The van der Waals surface area contributed by atoms with Crippen molar-refractivity contribution in [1.29, 1.82) is 0 Å². The number of ether oxygens (including phenoxy) is 1. The van der Waals surface area contributed by atoms with Gasteiger partial charge in [0.25, 0.3) is 5.91 Å². The van der Waals surface area contributed by atoms with Crippen LogP contribution >= 0.6 is 34.8 Å². The molecule has 280 valence electrons. The van der Waals surface area contributed by atoms with Crippen LogP contribution in [0.5, 0.6) is 5.75 Å². The number of hydrogen-bond donors (Lipinski definition) is 2. The highest BCUT2D eigenvalue weighted by molar-refractivity contribution is 6.35. The van der Waals surface area contributed by atoms with Gasteiger partial charge in [-0.15, -0.1) is 0 Å². The van der Waals surface area contributed by atoms with E-state index < -0.39 is 0 Å². The fraction of sp³-hybridized carbons (Fsp3) is 0.302. The monoisotopic (exact) mass is 782 g/mol. The van der Waals surface area contributed by atoms with Crippen molar-refractivity contribution < 1.29 is 9.53 Å². The molecule has 2 aromatic heterocycles. The largest absolute Gasteiger partial charge is 0.497 e.